The SMILES string of the molecule is C1CCCCC1.COCC(=O)OC. The van der Waals surface area contributed by atoms with Gasteiger partial charge in [-0.25, -0.2) is 4.79 Å². The van der Waals surface area contributed by atoms with Crippen LogP contribution in [0.25, 0.3) is 0 Å². The van der Waals surface area contributed by atoms with Gasteiger partial charge in [0.25, 0.3) is 0 Å². The summed E-state index contributed by atoms with van der Waals surface area (Å²) in [6, 6.07) is 0. The molecule has 0 N–H and O–H groups in total. The van der Waals surface area contributed by atoms with Crippen LogP contribution in [0.4, 0.5) is 0 Å². The van der Waals surface area contributed by atoms with E-state index in [1.54, 1.807) is 0 Å². The minimum absolute atomic E-state index is 0.0382. The first-order valence-corrected chi connectivity index (χ1v) is 4.87. The van der Waals surface area contributed by atoms with E-state index in [-0.39, 0.29) is 12.6 Å². The summed E-state index contributed by atoms with van der Waals surface area (Å²) in [5.74, 6) is -0.345. The molecule has 1 aliphatic carbocycles. The van der Waals surface area contributed by atoms with Crippen LogP contribution in [-0.2, 0) is 14.3 Å². The first kappa shape index (κ1) is 12.4. The minimum atomic E-state index is -0.345. The van der Waals surface area contributed by atoms with Crippen molar-refractivity contribution < 1.29 is 14.3 Å². The molecule has 0 amide bonds. The average molecular weight is 188 g/mol. The Morgan fingerprint density at radius 1 is 1.00 bits per heavy atom. The number of methoxy groups -OCH3 is 2. The molecular formula is C10H20O3. The largest absolute Gasteiger partial charge is 0.467 e. The highest BCUT2D eigenvalue weighted by atomic mass is 16.6. The van der Waals surface area contributed by atoms with Crippen molar-refractivity contribution in [1.82, 2.24) is 0 Å². The van der Waals surface area contributed by atoms with Crippen LogP contribution in [0.5, 0.6) is 0 Å². The van der Waals surface area contributed by atoms with E-state index < -0.39 is 0 Å². The molecular weight excluding hydrogens is 168 g/mol. The summed E-state index contributed by atoms with van der Waals surface area (Å²) in [7, 11) is 2.76. The average Bonchev–Trinajstić information content (AvgIpc) is 2.22. The van der Waals surface area contributed by atoms with Crippen LogP contribution >= 0.6 is 0 Å². The smallest absolute Gasteiger partial charge is 0.331 e. The molecule has 0 aliphatic heterocycles. The van der Waals surface area contributed by atoms with Gasteiger partial charge in [-0.05, 0) is 0 Å². The fourth-order valence-corrected chi connectivity index (χ4v) is 1.24. The number of hydrogen-bond acceptors (Lipinski definition) is 3. The van der Waals surface area contributed by atoms with Gasteiger partial charge in [0.2, 0.25) is 0 Å². The highest BCUT2D eigenvalue weighted by Gasteiger charge is 1.95. The molecule has 13 heavy (non-hydrogen) atoms. The lowest BCUT2D eigenvalue weighted by molar-refractivity contribution is -0.144. The predicted octanol–water partition coefficient (Wildman–Crippen LogP) is 2.15. The first-order chi connectivity index (χ1) is 6.31. The summed E-state index contributed by atoms with van der Waals surface area (Å²) in [4.78, 5) is 10.1. The summed E-state index contributed by atoms with van der Waals surface area (Å²) in [6.07, 6.45) is 9.00. The third kappa shape index (κ3) is 9.34. The summed E-state index contributed by atoms with van der Waals surface area (Å²) in [5, 5.41) is 0. The first-order valence-electron chi connectivity index (χ1n) is 4.87. The molecule has 1 rings (SSSR count). The van der Waals surface area contributed by atoms with Crippen LogP contribution in [0.1, 0.15) is 38.5 Å². The van der Waals surface area contributed by atoms with E-state index in [4.69, 9.17) is 0 Å². The molecule has 0 aromatic rings. The number of rotatable bonds is 2. The van der Waals surface area contributed by atoms with Gasteiger partial charge in [-0.3, -0.25) is 0 Å². The maximum absolute atomic E-state index is 10.1. The number of carbonyl (C=O) groups is 1. The maximum Gasteiger partial charge on any atom is 0.331 e. The van der Waals surface area contributed by atoms with E-state index in [1.807, 2.05) is 0 Å². The zero-order chi connectivity index (χ0) is 9.94. The van der Waals surface area contributed by atoms with E-state index in [9.17, 15) is 4.79 Å². The third-order valence-corrected chi connectivity index (χ3v) is 1.99. The van der Waals surface area contributed by atoms with Crippen LogP contribution in [-0.4, -0.2) is 26.8 Å². The Labute approximate surface area is 80.4 Å². The van der Waals surface area contributed by atoms with E-state index in [1.165, 1.54) is 52.7 Å². The van der Waals surface area contributed by atoms with Gasteiger partial charge < -0.3 is 9.47 Å². The Hall–Kier alpha value is -0.570. The van der Waals surface area contributed by atoms with Gasteiger partial charge in [0.1, 0.15) is 6.61 Å². The van der Waals surface area contributed by atoms with Gasteiger partial charge in [-0.1, -0.05) is 38.5 Å². The van der Waals surface area contributed by atoms with Crippen molar-refractivity contribution in [3.05, 3.63) is 0 Å². The van der Waals surface area contributed by atoms with Gasteiger partial charge in [0.05, 0.1) is 7.11 Å². The normalized spacial score (nSPS) is 15.5. The number of carbonyl (C=O) groups excluding carboxylic acids is 1. The second kappa shape index (κ2) is 9.52. The second-order valence-corrected chi connectivity index (χ2v) is 3.13. The fourth-order valence-electron chi connectivity index (χ4n) is 1.24. The molecule has 0 aromatic heterocycles. The van der Waals surface area contributed by atoms with Crippen molar-refractivity contribution in [3.63, 3.8) is 0 Å². The highest BCUT2D eigenvalue weighted by molar-refractivity contribution is 5.70. The van der Waals surface area contributed by atoms with E-state index in [0.717, 1.165) is 0 Å². The summed E-state index contributed by atoms with van der Waals surface area (Å²) >= 11 is 0. The second-order valence-electron chi connectivity index (χ2n) is 3.13. The Morgan fingerprint density at radius 2 is 1.38 bits per heavy atom. The zero-order valence-corrected chi connectivity index (χ0v) is 8.67. The van der Waals surface area contributed by atoms with Crippen LogP contribution in [0, 0.1) is 0 Å². The van der Waals surface area contributed by atoms with E-state index in [2.05, 4.69) is 9.47 Å². The van der Waals surface area contributed by atoms with Gasteiger partial charge in [-0.2, -0.15) is 0 Å². The molecule has 78 valence electrons. The summed E-state index contributed by atoms with van der Waals surface area (Å²) in [6.45, 7) is 0.0382. The third-order valence-electron chi connectivity index (χ3n) is 1.99. The van der Waals surface area contributed by atoms with E-state index in [0.29, 0.717) is 0 Å². The van der Waals surface area contributed by atoms with Crippen molar-refractivity contribution >= 4 is 5.97 Å². The molecule has 0 spiro atoms. The van der Waals surface area contributed by atoms with Crippen molar-refractivity contribution in [2.75, 3.05) is 20.8 Å². The lowest BCUT2D eigenvalue weighted by Crippen LogP contribution is -2.07. The summed E-state index contributed by atoms with van der Waals surface area (Å²) < 4.78 is 8.65. The molecule has 0 aromatic carbocycles. The molecule has 0 atom stereocenters. The Balaban J connectivity index is 0.000000223. The predicted molar refractivity (Wildman–Crippen MR) is 51.6 cm³/mol. The van der Waals surface area contributed by atoms with Crippen molar-refractivity contribution in [2.45, 2.75) is 38.5 Å². The topological polar surface area (TPSA) is 35.5 Å². The van der Waals surface area contributed by atoms with Gasteiger partial charge in [0, 0.05) is 7.11 Å². The molecule has 1 aliphatic rings. The van der Waals surface area contributed by atoms with Crippen LogP contribution < -0.4 is 0 Å². The molecule has 0 radical (unpaired) electrons. The molecule has 3 nitrogen and oxygen atoms in total. The van der Waals surface area contributed by atoms with Gasteiger partial charge in [-0.15, -0.1) is 0 Å². The van der Waals surface area contributed by atoms with Gasteiger partial charge >= 0.3 is 5.97 Å². The molecule has 0 heterocycles. The van der Waals surface area contributed by atoms with Crippen LogP contribution in [0.15, 0.2) is 0 Å². The molecule has 1 saturated carbocycles. The molecule has 0 bridgehead atoms. The lowest BCUT2D eigenvalue weighted by atomic mass is 10.0. The van der Waals surface area contributed by atoms with Crippen LogP contribution in [0.2, 0.25) is 0 Å². The Bertz CT molecular complexity index is 108. The van der Waals surface area contributed by atoms with Crippen molar-refractivity contribution in [1.29, 1.82) is 0 Å². The Kier molecular flexibility index (Phi) is 9.10. The standard InChI is InChI=1S/C6H12.C4H8O3/c1-2-4-6-5-3-1;1-6-3-4(5)7-2/h1-6H2;3H2,1-2H3. The monoisotopic (exact) mass is 188 g/mol. The van der Waals surface area contributed by atoms with Crippen LogP contribution in [0.3, 0.4) is 0 Å². The number of ether oxygens (including phenoxy) is 2. The minimum Gasteiger partial charge on any atom is -0.467 e. The molecule has 1 fully saturated rings. The number of esters is 1. The zero-order valence-electron chi connectivity index (χ0n) is 8.67. The van der Waals surface area contributed by atoms with E-state index >= 15 is 0 Å². The van der Waals surface area contributed by atoms with Gasteiger partial charge in [0.15, 0.2) is 0 Å². The molecule has 0 saturated heterocycles. The van der Waals surface area contributed by atoms with Crippen molar-refractivity contribution in [2.24, 2.45) is 0 Å². The molecule has 0 unspecified atom stereocenters. The Morgan fingerprint density at radius 3 is 1.54 bits per heavy atom. The quantitative estimate of drug-likeness (QED) is 0.623. The number of hydrogen-bond donors (Lipinski definition) is 0. The highest BCUT2D eigenvalue weighted by Crippen LogP contribution is 2.15. The lowest BCUT2D eigenvalue weighted by Gasteiger charge is -2.05. The van der Waals surface area contributed by atoms with Crippen molar-refractivity contribution in [3.8, 4) is 0 Å². The maximum atomic E-state index is 10.1. The fraction of sp³-hybridized carbons (Fsp3) is 0.900. The molecule has 3 heteroatoms. The summed E-state index contributed by atoms with van der Waals surface area (Å²) in [5.41, 5.74) is 0.